The molecule has 1 amide bonds. The van der Waals surface area contributed by atoms with E-state index >= 15 is 0 Å². The summed E-state index contributed by atoms with van der Waals surface area (Å²) in [6.07, 6.45) is -0.901. The minimum Gasteiger partial charge on any atom is -0.486 e. The number of carbonyl (C=O) groups excluding carboxylic acids is 1. The van der Waals surface area contributed by atoms with Crippen molar-refractivity contribution in [3.63, 3.8) is 0 Å². The van der Waals surface area contributed by atoms with Gasteiger partial charge in [0.25, 0.3) is 5.91 Å². The summed E-state index contributed by atoms with van der Waals surface area (Å²) in [5, 5.41) is 12.9. The number of ether oxygens (including phenoxy) is 2. The number of hydrogen-bond acceptors (Lipinski definition) is 5. The molecule has 0 radical (unpaired) electrons. The third-order valence-electron chi connectivity index (χ3n) is 4.37. The van der Waals surface area contributed by atoms with E-state index in [9.17, 15) is 14.3 Å². The number of carbonyl (C=O) groups is 1. The van der Waals surface area contributed by atoms with Crippen LogP contribution in [-0.4, -0.2) is 30.8 Å². The molecule has 28 heavy (non-hydrogen) atoms. The van der Waals surface area contributed by atoms with Crippen LogP contribution in [0.3, 0.4) is 0 Å². The van der Waals surface area contributed by atoms with Crippen molar-refractivity contribution >= 4 is 17.2 Å². The number of fused-ring (bicyclic) bond motifs is 1. The van der Waals surface area contributed by atoms with Gasteiger partial charge in [-0.3, -0.25) is 4.79 Å². The molecule has 0 spiro atoms. The van der Waals surface area contributed by atoms with Crippen molar-refractivity contribution in [2.75, 3.05) is 19.8 Å². The number of nitrogens with one attached hydrogen (secondary N) is 1. The molecule has 1 atom stereocenters. The molecule has 0 bridgehead atoms. The zero-order valence-corrected chi connectivity index (χ0v) is 15.7. The molecule has 0 saturated carbocycles. The van der Waals surface area contributed by atoms with E-state index in [1.54, 1.807) is 6.07 Å². The van der Waals surface area contributed by atoms with Crippen LogP contribution in [0.15, 0.2) is 54.6 Å². The van der Waals surface area contributed by atoms with Gasteiger partial charge in [-0.2, -0.15) is 0 Å². The molecule has 7 heteroatoms. The standard InChI is InChI=1S/C21H18FNO4S/c22-15-4-1-13(2-5-15)16(24)12-23-21(25)20-8-7-19(28-20)14-3-6-17-18(11-14)27-10-9-26-17/h1-8,11,16,24H,9-10,12H2,(H,23,25). The van der Waals surface area contributed by atoms with Gasteiger partial charge in [-0.15, -0.1) is 11.3 Å². The largest absolute Gasteiger partial charge is 0.486 e. The van der Waals surface area contributed by atoms with Crippen LogP contribution in [0.2, 0.25) is 0 Å². The van der Waals surface area contributed by atoms with E-state index in [1.807, 2.05) is 24.3 Å². The lowest BCUT2D eigenvalue weighted by molar-refractivity contribution is 0.0920. The third kappa shape index (κ3) is 4.00. The molecule has 4 rings (SSSR count). The number of benzene rings is 2. The Kier molecular flexibility index (Phi) is 5.27. The average Bonchev–Trinajstić information content (AvgIpc) is 3.22. The minimum absolute atomic E-state index is 0.0434. The molecule has 1 unspecified atom stereocenters. The van der Waals surface area contributed by atoms with Crippen LogP contribution in [0.4, 0.5) is 4.39 Å². The number of aliphatic hydroxyl groups is 1. The van der Waals surface area contributed by atoms with Crippen molar-refractivity contribution in [1.82, 2.24) is 5.32 Å². The Hall–Kier alpha value is -2.90. The van der Waals surface area contributed by atoms with Crippen molar-refractivity contribution in [3.05, 3.63) is 70.9 Å². The molecule has 2 heterocycles. The molecule has 1 aromatic heterocycles. The van der Waals surface area contributed by atoms with Crippen molar-refractivity contribution in [2.45, 2.75) is 6.10 Å². The van der Waals surface area contributed by atoms with Gasteiger partial charge < -0.3 is 19.9 Å². The maximum Gasteiger partial charge on any atom is 0.261 e. The van der Waals surface area contributed by atoms with Crippen LogP contribution >= 0.6 is 11.3 Å². The van der Waals surface area contributed by atoms with Gasteiger partial charge in [0.05, 0.1) is 11.0 Å². The highest BCUT2D eigenvalue weighted by atomic mass is 32.1. The summed E-state index contributed by atoms with van der Waals surface area (Å²) in [6, 6.07) is 14.9. The van der Waals surface area contributed by atoms with E-state index < -0.39 is 6.10 Å². The average molecular weight is 399 g/mol. The van der Waals surface area contributed by atoms with Crippen LogP contribution < -0.4 is 14.8 Å². The van der Waals surface area contributed by atoms with Crippen molar-refractivity contribution in [1.29, 1.82) is 0 Å². The number of halogens is 1. The fourth-order valence-electron chi connectivity index (χ4n) is 2.89. The Balaban J connectivity index is 1.41. The summed E-state index contributed by atoms with van der Waals surface area (Å²) in [7, 11) is 0. The molecule has 144 valence electrons. The fourth-order valence-corrected chi connectivity index (χ4v) is 3.81. The summed E-state index contributed by atoms with van der Waals surface area (Å²) in [5.41, 5.74) is 1.49. The molecular weight excluding hydrogens is 381 g/mol. The van der Waals surface area contributed by atoms with Gasteiger partial charge in [-0.05, 0) is 53.6 Å². The Morgan fingerprint density at radius 2 is 1.82 bits per heavy atom. The quantitative estimate of drug-likeness (QED) is 0.685. The van der Waals surface area contributed by atoms with E-state index in [2.05, 4.69) is 5.32 Å². The normalized spacial score (nSPS) is 13.8. The van der Waals surface area contributed by atoms with Crippen LogP contribution in [0, 0.1) is 5.82 Å². The lowest BCUT2D eigenvalue weighted by atomic mass is 10.1. The van der Waals surface area contributed by atoms with Gasteiger partial charge in [0.2, 0.25) is 0 Å². The van der Waals surface area contributed by atoms with Crippen LogP contribution in [0.1, 0.15) is 21.3 Å². The van der Waals surface area contributed by atoms with Gasteiger partial charge in [-0.1, -0.05) is 12.1 Å². The first-order valence-electron chi connectivity index (χ1n) is 8.82. The zero-order valence-electron chi connectivity index (χ0n) is 14.9. The Bertz CT molecular complexity index is 986. The second-order valence-electron chi connectivity index (χ2n) is 6.30. The molecule has 1 aliphatic rings. The van der Waals surface area contributed by atoms with E-state index in [1.165, 1.54) is 35.6 Å². The van der Waals surface area contributed by atoms with Crippen molar-refractivity contribution in [3.8, 4) is 21.9 Å². The lowest BCUT2D eigenvalue weighted by Gasteiger charge is -2.18. The molecule has 0 saturated heterocycles. The first-order chi connectivity index (χ1) is 13.6. The number of aliphatic hydroxyl groups excluding tert-OH is 1. The third-order valence-corrected chi connectivity index (χ3v) is 5.50. The van der Waals surface area contributed by atoms with Crippen LogP contribution in [0.25, 0.3) is 10.4 Å². The molecule has 2 aromatic carbocycles. The smallest absolute Gasteiger partial charge is 0.261 e. The topological polar surface area (TPSA) is 67.8 Å². The molecule has 2 N–H and O–H groups in total. The first-order valence-corrected chi connectivity index (χ1v) is 9.63. The van der Waals surface area contributed by atoms with Gasteiger partial charge in [0, 0.05) is 11.4 Å². The van der Waals surface area contributed by atoms with Crippen molar-refractivity contribution in [2.24, 2.45) is 0 Å². The number of amides is 1. The minimum atomic E-state index is -0.901. The Morgan fingerprint density at radius 1 is 1.07 bits per heavy atom. The summed E-state index contributed by atoms with van der Waals surface area (Å²) in [4.78, 5) is 13.9. The molecule has 1 aliphatic heterocycles. The fraction of sp³-hybridized carbons (Fsp3) is 0.190. The van der Waals surface area contributed by atoms with E-state index in [-0.39, 0.29) is 18.3 Å². The van der Waals surface area contributed by atoms with Crippen LogP contribution in [0.5, 0.6) is 11.5 Å². The van der Waals surface area contributed by atoms with E-state index in [0.29, 0.717) is 29.4 Å². The van der Waals surface area contributed by atoms with E-state index in [4.69, 9.17) is 9.47 Å². The van der Waals surface area contributed by atoms with E-state index in [0.717, 1.165) is 16.2 Å². The maximum absolute atomic E-state index is 13.0. The summed E-state index contributed by atoms with van der Waals surface area (Å²) in [5.74, 6) is 0.782. The Morgan fingerprint density at radius 3 is 2.61 bits per heavy atom. The zero-order chi connectivity index (χ0) is 19.5. The molecule has 0 aliphatic carbocycles. The second kappa shape index (κ2) is 8.00. The predicted octanol–water partition coefficient (Wildman–Crippen LogP) is 3.79. The molecular formula is C21H18FNO4S. The summed E-state index contributed by atoms with van der Waals surface area (Å²) in [6.45, 7) is 1.10. The molecule has 0 fully saturated rings. The SMILES string of the molecule is O=C(NCC(O)c1ccc(F)cc1)c1ccc(-c2ccc3c(c2)OCCO3)s1. The second-order valence-corrected chi connectivity index (χ2v) is 7.38. The van der Waals surface area contributed by atoms with Crippen molar-refractivity contribution < 1.29 is 23.8 Å². The van der Waals surface area contributed by atoms with Gasteiger partial charge in [0.15, 0.2) is 11.5 Å². The summed E-state index contributed by atoms with van der Waals surface area (Å²) >= 11 is 1.35. The lowest BCUT2D eigenvalue weighted by Crippen LogP contribution is -2.27. The first kappa shape index (κ1) is 18.5. The maximum atomic E-state index is 13.0. The number of rotatable bonds is 5. The molecule has 3 aromatic rings. The number of thiophene rings is 1. The highest BCUT2D eigenvalue weighted by molar-refractivity contribution is 7.17. The van der Waals surface area contributed by atoms with Gasteiger partial charge in [-0.25, -0.2) is 4.39 Å². The molecule has 5 nitrogen and oxygen atoms in total. The highest BCUT2D eigenvalue weighted by Gasteiger charge is 2.16. The van der Waals surface area contributed by atoms with Gasteiger partial charge in [0.1, 0.15) is 19.0 Å². The highest BCUT2D eigenvalue weighted by Crippen LogP contribution is 2.36. The van der Waals surface area contributed by atoms with Crippen LogP contribution in [-0.2, 0) is 0 Å². The Labute approximate surface area is 165 Å². The predicted molar refractivity (Wildman–Crippen MR) is 104 cm³/mol. The number of hydrogen-bond donors (Lipinski definition) is 2. The monoisotopic (exact) mass is 399 g/mol. The van der Waals surface area contributed by atoms with Gasteiger partial charge >= 0.3 is 0 Å². The summed E-state index contributed by atoms with van der Waals surface area (Å²) < 4.78 is 24.1.